The van der Waals surface area contributed by atoms with E-state index < -0.39 is 11.7 Å². The van der Waals surface area contributed by atoms with Gasteiger partial charge in [0.1, 0.15) is 12.4 Å². The molecule has 0 spiro atoms. The number of rotatable bonds is 3. The highest BCUT2D eigenvalue weighted by atomic mass is 79.9. The van der Waals surface area contributed by atoms with Crippen molar-refractivity contribution in [1.82, 2.24) is 0 Å². The number of hydrogen-bond acceptors (Lipinski definition) is 2. The fourth-order valence-electron chi connectivity index (χ4n) is 1.32. The van der Waals surface area contributed by atoms with Gasteiger partial charge in [0.05, 0.1) is 15.6 Å². The van der Waals surface area contributed by atoms with Gasteiger partial charge in [-0.15, -0.1) is 12.4 Å². The zero-order valence-electron chi connectivity index (χ0n) is 9.26. The Labute approximate surface area is 117 Å². The molecule has 0 amide bonds. The Morgan fingerprint density at radius 3 is 2.39 bits per heavy atom. The quantitative estimate of drug-likeness (QED) is 0.904. The summed E-state index contributed by atoms with van der Waals surface area (Å²) in [5, 5.41) is 0. The monoisotopic (exact) mass is 345 g/mol. The zero-order chi connectivity index (χ0) is 12.7. The molecule has 2 N–H and O–H groups in total. The molecule has 0 aliphatic heterocycles. The van der Waals surface area contributed by atoms with Crippen LogP contribution in [-0.2, 0) is 6.18 Å². The fraction of sp³-hybridized carbons (Fsp3) is 0.455. The van der Waals surface area contributed by atoms with Crippen molar-refractivity contribution in [3.8, 4) is 5.75 Å². The van der Waals surface area contributed by atoms with E-state index in [4.69, 9.17) is 10.5 Å². The van der Waals surface area contributed by atoms with Gasteiger partial charge in [-0.05, 0) is 47.0 Å². The molecule has 1 aromatic rings. The second-order valence-corrected chi connectivity index (χ2v) is 5.15. The summed E-state index contributed by atoms with van der Waals surface area (Å²) in [5.41, 5.74) is 4.83. The normalized spacial score (nSPS) is 16.9. The van der Waals surface area contributed by atoms with E-state index in [9.17, 15) is 13.2 Å². The lowest BCUT2D eigenvalue weighted by atomic mass is 10.2. The van der Waals surface area contributed by atoms with Crippen molar-refractivity contribution in [3.05, 3.63) is 28.2 Å². The van der Waals surface area contributed by atoms with Gasteiger partial charge in [-0.25, -0.2) is 0 Å². The first-order valence-electron chi connectivity index (χ1n) is 5.09. The number of alkyl halides is 3. The maximum atomic E-state index is 12.4. The van der Waals surface area contributed by atoms with Gasteiger partial charge in [0.25, 0.3) is 0 Å². The average molecular weight is 347 g/mol. The first kappa shape index (κ1) is 15.6. The third kappa shape index (κ3) is 3.76. The highest BCUT2D eigenvalue weighted by molar-refractivity contribution is 9.10. The molecule has 1 aliphatic carbocycles. The number of benzene rings is 1. The Bertz CT molecular complexity index is 435. The van der Waals surface area contributed by atoms with Crippen molar-refractivity contribution in [3.63, 3.8) is 0 Å². The molecule has 2 nitrogen and oxygen atoms in total. The summed E-state index contributed by atoms with van der Waals surface area (Å²) >= 11 is 3.06. The Hall–Kier alpha value is -0.460. The van der Waals surface area contributed by atoms with Crippen molar-refractivity contribution >= 4 is 28.3 Å². The second kappa shape index (κ2) is 5.27. The highest BCUT2D eigenvalue weighted by Gasteiger charge is 2.39. The van der Waals surface area contributed by atoms with E-state index in [1.54, 1.807) is 0 Å². The third-order valence-corrected chi connectivity index (χ3v) is 3.29. The molecular formula is C11H12BrClF3NO. The lowest BCUT2D eigenvalue weighted by molar-refractivity contribution is -0.137. The molecule has 0 saturated heterocycles. The summed E-state index contributed by atoms with van der Waals surface area (Å²) in [4.78, 5) is 0. The molecular weight excluding hydrogens is 334 g/mol. The first-order valence-corrected chi connectivity index (χ1v) is 5.88. The molecule has 0 radical (unpaired) electrons. The largest absolute Gasteiger partial charge is 0.490 e. The smallest absolute Gasteiger partial charge is 0.416 e. The predicted molar refractivity (Wildman–Crippen MR) is 68.0 cm³/mol. The van der Waals surface area contributed by atoms with E-state index in [2.05, 4.69) is 15.9 Å². The summed E-state index contributed by atoms with van der Waals surface area (Å²) in [6.07, 6.45) is -2.55. The number of nitrogens with two attached hydrogens (primary N) is 1. The van der Waals surface area contributed by atoms with Crippen LogP contribution < -0.4 is 10.5 Å². The number of halogens is 5. The highest BCUT2D eigenvalue weighted by Crippen LogP contribution is 2.37. The van der Waals surface area contributed by atoms with Gasteiger partial charge < -0.3 is 10.5 Å². The van der Waals surface area contributed by atoms with Gasteiger partial charge in [0, 0.05) is 0 Å². The van der Waals surface area contributed by atoms with Crippen LogP contribution in [0.4, 0.5) is 13.2 Å². The molecule has 1 aromatic carbocycles. The van der Waals surface area contributed by atoms with Gasteiger partial charge in [0.2, 0.25) is 0 Å². The Morgan fingerprint density at radius 2 is 1.94 bits per heavy atom. The summed E-state index contributed by atoms with van der Waals surface area (Å²) < 4.78 is 42.9. The lowest BCUT2D eigenvalue weighted by Gasteiger charge is -2.14. The molecule has 1 saturated carbocycles. The van der Waals surface area contributed by atoms with Crippen LogP contribution in [-0.4, -0.2) is 12.1 Å². The van der Waals surface area contributed by atoms with Crippen LogP contribution in [0, 0.1) is 0 Å². The van der Waals surface area contributed by atoms with Crippen LogP contribution in [0.5, 0.6) is 5.75 Å². The van der Waals surface area contributed by atoms with E-state index in [0.717, 1.165) is 25.0 Å². The van der Waals surface area contributed by atoms with Gasteiger partial charge in [-0.1, -0.05) is 0 Å². The molecule has 0 unspecified atom stereocenters. The molecule has 1 aliphatic rings. The summed E-state index contributed by atoms with van der Waals surface area (Å²) in [6, 6.07) is 3.31. The van der Waals surface area contributed by atoms with Crippen LogP contribution in [0.2, 0.25) is 0 Å². The maximum absolute atomic E-state index is 12.4. The standard InChI is InChI=1S/C11H11BrF3NO.ClH/c12-8-5-7(11(13,14)15)1-2-9(8)17-6-10(16)3-4-10;/h1-2,5H,3-4,6,16H2;1H. The summed E-state index contributed by atoms with van der Waals surface area (Å²) in [6.45, 7) is 0.330. The first-order chi connectivity index (χ1) is 7.80. The molecule has 7 heteroatoms. The Kier molecular flexibility index (Phi) is 4.56. The van der Waals surface area contributed by atoms with E-state index in [1.165, 1.54) is 6.07 Å². The van der Waals surface area contributed by atoms with E-state index in [-0.39, 0.29) is 22.4 Å². The molecule has 2 rings (SSSR count). The van der Waals surface area contributed by atoms with Crippen molar-refractivity contribution in [1.29, 1.82) is 0 Å². The second-order valence-electron chi connectivity index (χ2n) is 4.29. The van der Waals surface area contributed by atoms with Crippen LogP contribution in [0.15, 0.2) is 22.7 Å². The fourth-order valence-corrected chi connectivity index (χ4v) is 1.81. The Morgan fingerprint density at radius 1 is 1.33 bits per heavy atom. The molecule has 18 heavy (non-hydrogen) atoms. The minimum Gasteiger partial charge on any atom is -0.490 e. The average Bonchev–Trinajstić information content (AvgIpc) is 2.94. The molecule has 0 atom stereocenters. The van der Waals surface area contributed by atoms with E-state index in [0.29, 0.717) is 12.4 Å². The van der Waals surface area contributed by atoms with E-state index in [1.807, 2.05) is 0 Å². The van der Waals surface area contributed by atoms with E-state index >= 15 is 0 Å². The van der Waals surface area contributed by atoms with Crippen molar-refractivity contribution in [2.45, 2.75) is 24.6 Å². The third-order valence-electron chi connectivity index (χ3n) is 2.67. The van der Waals surface area contributed by atoms with Crippen molar-refractivity contribution < 1.29 is 17.9 Å². The minimum atomic E-state index is -4.34. The van der Waals surface area contributed by atoms with Crippen molar-refractivity contribution in [2.24, 2.45) is 5.73 Å². The number of hydrogen-bond donors (Lipinski definition) is 1. The number of ether oxygens (including phenoxy) is 1. The molecule has 102 valence electrons. The predicted octanol–water partition coefficient (Wildman–Crippen LogP) is 3.76. The van der Waals surface area contributed by atoms with Gasteiger partial charge in [0.15, 0.2) is 0 Å². The van der Waals surface area contributed by atoms with Crippen LogP contribution in [0.25, 0.3) is 0 Å². The molecule has 0 aromatic heterocycles. The zero-order valence-corrected chi connectivity index (χ0v) is 11.7. The maximum Gasteiger partial charge on any atom is 0.416 e. The molecule has 0 heterocycles. The van der Waals surface area contributed by atoms with Crippen molar-refractivity contribution in [2.75, 3.05) is 6.61 Å². The van der Waals surface area contributed by atoms with Crippen LogP contribution in [0.3, 0.4) is 0 Å². The topological polar surface area (TPSA) is 35.2 Å². The Balaban J connectivity index is 0.00000162. The van der Waals surface area contributed by atoms with Gasteiger partial charge in [-0.2, -0.15) is 13.2 Å². The van der Waals surface area contributed by atoms with Crippen LogP contribution in [0.1, 0.15) is 18.4 Å². The SMILES string of the molecule is Cl.NC1(COc2ccc(C(F)(F)F)cc2Br)CC1. The van der Waals surface area contributed by atoms with Gasteiger partial charge in [-0.3, -0.25) is 0 Å². The summed E-state index contributed by atoms with van der Waals surface area (Å²) in [7, 11) is 0. The minimum absolute atomic E-state index is 0. The lowest BCUT2D eigenvalue weighted by Crippen LogP contribution is -2.29. The van der Waals surface area contributed by atoms with Crippen LogP contribution >= 0.6 is 28.3 Å². The van der Waals surface area contributed by atoms with Gasteiger partial charge >= 0.3 is 6.18 Å². The summed E-state index contributed by atoms with van der Waals surface area (Å²) in [5.74, 6) is 0.384. The molecule has 0 bridgehead atoms. The molecule has 1 fully saturated rings.